The zero-order valence-corrected chi connectivity index (χ0v) is 11.1. The van der Waals surface area contributed by atoms with Crippen LogP contribution in [-0.2, 0) is 6.54 Å². The first-order chi connectivity index (χ1) is 9.22. The summed E-state index contributed by atoms with van der Waals surface area (Å²) in [5, 5.41) is 9.04. The molecule has 1 aromatic rings. The molecule has 1 saturated heterocycles. The van der Waals surface area contributed by atoms with E-state index < -0.39 is 0 Å². The summed E-state index contributed by atoms with van der Waals surface area (Å²) >= 11 is 0. The van der Waals surface area contributed by atoms with E-state index in [1.807, 2.05) is 0 Å². The highest BCUT2D eigenvalue weighted by molar-refractivity contribution is 5.37. The minimum atomic E-state index is -0.345. The van der Waals surface area contributed by atoms with Crippen LogP contribution < -0.4 is 5.73 Å². The Bertz CT molecular complexity index is 459. The number of likely N-dealkylation sites (tertiary alicyclic amines) is 1. The number of hydrogen-bond donors (Lipinski definition) is 1. The van der Waals surface area contributed by atoms with E-state index in [1.54, 1.807) is 6.07 Å². The molecule has 3 nitrogen and oxygen atoms in total. The Hall–Kier alpha value is -1.44. The zero-order chi connectivity index (χ0) is 13.7. The van der Waals surface area contributed by atoms with E-state index in [2.05, 4.69) is 11.0 Å². The van der Waals surface area contributed by atoms with E-state index in [1.165, 1.54) is 25.0 Å². The van der Waals surface area contributed by atoms with Gasteiger partial charge in [-0.2, -0.15) is 5.26 Å². The molecule has 0 aliphatic carbocycles. The SMILES string of the molecule is N#Cc1cc(F)ccc1CN1CCC(CCN)CC1. The lowest BCUT2D eigenvalue weighted by molar-refractivity contribution is 0.173. The number of halogens is 1. The largest absolute Gasteiger partial charge is 0.330 e. The van der Waals surface area contributed by atoms with Crippen LogP contribution in [0.3, 0.4) is 0 Å². The molecule has 1 aliphatic rings. The molecule has 2 rings (SSSR count). The minimum Gasteiger partial charge on any atom is -0.330 e. The van der Waals surface area contributed by atoms with Crippen molar-refractivity contribution in [1.29, 1.82) is 5.26 Å². The Morgan fingerprint density at radius 2 is 2.11 bits per heavy atom. The molecule has 4 heteroatoms. The van der Waals surface area contributed by atoms with Crippen molar-refractivity contribution in [2.75, 3.05) is 19.6 Å². The highest BCUT2D eigenvalue weighted by Crippen LogP contribution is 2.22. The molecule has 19 heavy (non-hydrogen) atoms. The van der Waals surface area contributed by atoms with Gasteiger partial charge in [0.1, 0.15) is 5.82 Å². The van der Waals surface area contributed by atoms with Crippen LogP contribution in [0.1, 0.15) is 30.4 Å². The van der Waals surface area contributed by atoms with Gasteiger partial charge in [0.05, 0.1) is 11.6 Å². The standard InChI is InChI=1S/C15H20FN3/c16-15-2-1-13(14(9-15)10-18)11-19-7-4-12(3-6-17)5-8-19/h1-2,9,12H,3-8,11,17H2. The van der Waals surface area contributed by atoms with Gasteiger partial charge >= 0.3 is 0 Å². The maximum Gasteiger partial charge on any atom is 0.124 e. The number of piperidine rings is 1. The second kappa shape index (κ2) is 6.65. The summed E-state index contributed by atoms with van der Waals surface area (Å²) in [5.74, 6) is 0.395. The highest BCUT2D eigenvalue weighted by Gasteiger charge is 2.19. The Morgan fingerprint density at radius 1 is 1.37 bits per heavy atom. The van der Waals surface area contributed by atoms with Gasteiger partial charge in [-0.3, -0.25) is 4.90 Å². The maximum absolute atomic E-state index is 13.1. The van der Waals surface area contributed by atoms with Crippen LogP contribution >= 0.6 is 0 Å². The number of nitriles is 1. The predicted molar refractivity (Wildman–Crippen MR) is 72.8 cm³/mol. The molecule has 1 aliphatic heterocycles. The van der Waals surface area contributed by atoms with E-state index in [-0.39, 0.29) is 5.82 Å². The summed E-state index contributed by atoms with van der Waals surface area (Å²) in [6.45, 7) is 3.57. The summed E-state index contributed by atoms with van der Waals surface area (Å²) in [6.07, 6.45) is 3.44. The number of hydrogen-bond acceptors (Lipinski definition) is 3. The van der Waals surface area contributed by atoms with Crippen LogP contribution in [0.4, 0.5) is 4.39 Å². The molecule has 1 heterocycles. The fourth-order valence-electron chi connectivity index (χ4n) is 2.70. The molecular formula is C15H20FN3. The Labute approximate surface area is 113 Å². The van der Waals surface area contributed by atoms with Gasteiger partial charge < -0.3 is 5.73 Å². The summed E-state index contributed by atoms with van der Waals surface area (Å²) in [4.78, 5) is 2.33. The van der Waals surface area contributed by atoms with Crippen molar-refractivity contribution in [2.24, 2.45) is 11.7 Å². The van der Waals surface area contributed by atoms with Crippen LogP contribution in [0.5, 0.6) is 0 Å². The predicted octanol–water partition coefficient (Wildman–Crippen LogP) is 2.26. The van der Waals surface area contributed by atoms with Gasteiger partial charge in [0.15, 0.2) is 0 Å². The molecule has 0 amide bonds. The molecule has 0 bridgehead atoms. The van der Waals surface area contributed by atoms with Crippen LogP contribution in [0.25, 0.3) is 0 Å². The molecule has 1 aromatic carbocycles. The molecule has 2 N–H and O–H groups in total. The van der Waals surface area contributed by atoms with Crippen LogP contribution in [-0.4, -0.2) is 24.5 Å². The molecule has 0 radical (unpaired) electrons. The fourth-order valence-corrected chi connectivity index (χ4v) is 2.70. The van der Waals surface area contributed by atoms with Crippen molar-refractivity contribution in [1.82, 2.24) is 4.90 Å². The molecule has 0 unspecified atom stereocenters. The number of nitrogens with two attached hydrogens (primary N) is 1. The second-order valence-corrected chi connectivity index (χ2v) is 5.21. The first-order valence-electron chi connectivity index (χ1n) is 6.84. The maximum atomic E-state index is 13.1. The van der Waals surface area contributed by atoms with Crippen LogP contribution in [0.2, 0.25) is 0 Å². The summed E-state index contributed by atoms with van der Waals surface area (Å²) in [7, 11) is 0. The van der Waals surface area contributed by atoms with Gasteiger partial charge in [0.25, 0.3) is 0 Å². The first-order valence-corrected chi connectivity index (χ1v) is 6.84. The molecule has 102 valence electrons. The van der Waals surface area contributed by atoms with E-state index in [0.29, 0.717) is 5.56 Å². The average molecular weight is 261 g/mol. The molecule has 0 atom stereocenters. The molecular weight excluding hydrogens is 241 g/mol. The molecule has 1 fully saturated rings. The number of nitrogens with zero attached hydrogens (tertiary/aromatic N) is 2. The lowest BCUT2D eigenvalue weighted by atomic mass is 9.93. The normalized spacial score (nSPS) is 17.3. The van der Waals surface area contributed by atoms with Crippen LogP contribution in [0.15, 0.2) is 18.2 Å². The lowest BCUT2D eigenvalue weighted by Gasteiger charge is -2.32. The fraction of sp³-hybridized carbons (Fsp3) is 0.533. The number of benzene rings is 1. The first kappa shape index (κ1) is 14.0. The van der Waals surface area contributed by atoms with Gasteiger partial charge in [0.2, 0.25) is 0 Å². The zero-order valence-electron chi connectivity index (χ0n) is 11.1. The van der Waals surface area contributed by atoms with E-state index in [4.69, 9.17) is 11.0 Å². The summed E-state index contributed by atoms with van der Waals surface area (Å²) in [6, 6.07) is 6.54. The van der Waals surface area contributed by atoms with Crippen molar-refractivity contribution < 1.29 is 4.39 Å². The van der Waals surface area contributed by atoms with Crippen molar-refractivity contribution in [3.05, 3.63) is 35.1 Å². The third-order valence-corrected chi connectivity index (χ3v) is 3.87. The molecule has 0 aromatic heterocycles. The monoisotopic (exact) mass is 261 g/mol. The van der Waals surface area contributed by atoms with Crippen molar-refractivity contribution >= 4 is 0 Å². The Morgan fingerprint density at radius 3 is 2.74 bits per heavy atom. The van der Waals surface area contributed by atoms with E-state index >= 15 is 0 Å². The molecule has 0 saturated carbocycles. The third-order valence-electron chi connectivity index (χ3n) is 3.87. The lowest BCUT2D eigenvalue weighted by Crippen LogP contribution is -2.34. The van der Waals surface area contributed by atoms with Gasteiger partial charge in [0, 0.05) is 6.54 Å². The van der Waals surface area contributed by atoms with Gasteiger partial charge in [-0.15, -0.1) is 0 Å². The molecule has 0 spiro atoms. The van der Waals surface area contributed by atoms with E-state index in [0.717, 1.165) is 44.1 Å². The van der Waals surface area contributed by atoms with Crippen molar-refractivity contribution in [3.63, 3.8) is 0 Å². The summed E-state index contributed by atoms with van der Waals surface area (Å²) < 4.78 is 13.1. The minimum absolute atomic E-state index is 0.345. The van der Waals surface area contributed by atoms with Crippen molar-refractivity contribution in [3.8, 4) is 6.07 Å². The van der Waals surface area contributed by atoms with Gasteiger partial charge in [-0.1, -0.05) is 6.07 Å². The second-order valence-electron chi connectivity index (χ2n) is 5.21. The summed E-state index contributed by atoms with van der Waals surface area (Å²) in [5.41, 5.74) is 6.95. The average Bonchev–Trinajstić information content (AvgIpc) is 2.43. The van der Waals surface area contributed by atoms with E-state index in [9.17, 15) is 4.39 Å². The van der Waals surface area contributed by atoms with Crippen LogP contribution in [0, 0.1) is 23.1 Å². The highest BCUT2D eigenvalue weighted by atomic mass is 19.1. The van der Waals surface area contributed by atoms with Crippen molar-refractivity contribution in [2.45, 2.75) is 25.8 Å². The third kappa shape index (κ3) is 3.76. The Kier molecular flexibility index (Phi) is 4.89. The topological polar surface area (TPSA) is 53.0 Å². The van der Waals surface area contributed by atoms with Gasteiger partial charge in [-0.25, -0.2) is 4.39 Å². The van der Waals surface area contributed by atoms with Gasteiger partial charge in [-0.05, 0) is 62.5 Å². The number of rotatable bonds is 4. The Balaban J connectivity index is 1.94. The quantitative estimate of drug-likeness (QED) is 0.904. The smallest absolute Gasteiger partial charge is 0.124 e.